The maximum Gasteiger partial charge on any atom is 0.265 e. The summed E-state index contributed by atoms with van der Waals surface area (Å²) in [5.41, 5.74) is 0.566. The Morgan fingerprint density at radius 1 is 1.15 bits per heavy atom. The van der Waals surface area contributed by atoms with E-state index in [1.54, 1.807) is 6.92 Å². The minimum absolute atomic E-state index is 0.0182. The first-order chi connectivity index (χ1) is 9.20. The van der Waals surface area contributed by atoms with Crippen LogP contribution in [-0.2, 0) is 19.9 Å². The van der Waals surface area contributed by atoms with Crippen LogP contribution in [0.5, 0.6) is 0 Å². The number of hydrogen-bond donors (Lipinski definition) is 2. The Hall–Kier alpha value is -1.94. The molecule has 10 heteroatoms. The number of hydrogen-bond acceptors (Lipinski definition) is 6. The summed E-state index contributed by atoms with van der Waals surface area (Å²) in [6.45, 7) is 1.58. The molecule has 2 aromatic rings. The van der Waals surface area contributed by atoms with Gasteiger partial charge in [0.2, 0.25) is 0 Å². The lowest BCUT2D eigenvalue weighted by molar-refractivity contribution is 0.598. The van der Waals surface area contributed by atoms with Crippen LogP contribution >= 0.6 is 0 Å². The molecule has 20 heavy (non-hydrogen) atoms. The molecule has 0 radical (unpaired) electrons. The number of nitrogens with one attached hydrogen (secondary N) is 2. The fourth-order valence-corrected chi connectivity index (χ4v) is 3.22. The molecule has 8 nitrogen and oxygen atoms in total. The van der Waals surface area contributed by atoms with Gasteiger partial charge in [0.15, 0.2) is 14.9 Å². The SMILES string of the molecule is Cc1[nH]ncc1S(=O)(=O)Nc1ccc(S(C)(=O)=O)nc1. The number of nitrogens with zero attached hydrogens (tertiary/aromatic N) is 2. The van der Waals surface area contributed by atoms with Gasteiger partial charge >= 0.3 is 0 Å². The van der Waals surface area contributed by atoms with Crippen molar-refractivity contribution in [2.45, 2.75) is 16.8 Å². The summed E-state index contributed by atoms with van der Waals surface area (Å²) in [6.07, 6.45) is 3.35. The lowest BCUT2D eigenvalue weighted by Crippen LogP contribution is -2.13. The van der Waals surface area contributed by atoms with Crippen molar-refractivity contribution in [3.05, 3.63) is 30.2 Å². The Kier molecular flexibility index (Phi) is 3.52. The van der Waals surface area contributed by atoms with E-state index in [0.29, 0.717) is 5.69 Å². The van der Waals surface area contributed by atoms with Crippen LogP contribution in [0.4, 0.5) is 5.69 Å². The molecule has 2 rings (SSSR count). The quantitative estimate of drug-likeness (QED) is 0.837. The Bertz CT molecular complexity index is 822. The summed E-state index contributed by atoms with van der Waals surface area (Å²) in [5, 5.41) is 6.04. The van der Waals surface area contributed by atoms with Crippen LogP contribution in [0.25, 0.3) is 0 Å². The number of sulfone groups is 1. The van der Waals surface area contributed by atoms with Crippen molar-refractivity contribution in [2.24, 2.45) is 0 Å². The van der Waals surface area contributed by atoms with E-state index in [1.807, 2.05) is 0 Å². The summed E-state index contributed by atoms with van der Waals surface area (Å²) in [7, 11) is -7.20. The van der Waals surface area contributed by atoms with E-state index >= 15 is 0 Å². The molecular formula is C10H12N4O4S2. The topological polar surface area (TPSA) is 122 Å². The molecule has 2 N–H and O–H groups in total. The summed E-state index contributed by atoms with van der Waals surface area (Å²) >= 11 is 0. The second-order valence-electron chi connectivity index (χ2n) is 4.12. The fourth-order valence-electron chi connectivity index (χ4n) is 1.48. The van der Waals surface area contributed by atoms with Gasteiger partial charge in [0.25, 0.3) is 10.0 Å². The zero-order valence-corrected chi connectivity index (χ0v) is 12.3. The summed E-state index contributed by atoms with van der Waals surface area (Å²) < 4.78 is 48.9. The predicted octanol–water partition coefficient (Wildman–Crippen LogP) is 0.317. The van der Waals surface area contributed by atoms with Gasteiger partial charge in [-0.1, -0.05) is 0 Å². The Morgan fingerprint density at radius 2 is 1.85 bits per heavy atom. The standard InChI is InChI=1S/C10H12N4O4S2/c1-7-9(6-12-13-7)20(17,18)14-8-3-4-10(11-5-8)19(2,15)16/h3-6,14H,1-2H3,(H,12,13). The number of sulfonamides is 1. The highest BCUT2D eigenvalue weighted by Crippen LogP contribution is 2.17. The third-order valence-electron chi connectivity index (χ3n) is 2.44. The second kappa shape index (κ2) is 4.87. The van der Waals surface area contributed by atoms with E-state index in [1.165, 1.54) is 18.3 Å². The molecule has 0 unspecified atom stereocenters. The highest BCUT2D eigenvalue weighted by molar-refractivity contribution is 7.92. The second-order valence-corrected chi connectivity index (χ2v) is 7.74. The molecule has 0 amide bonds. The van der Waals surface area contributed by atoms with Crippen LogP contribution in [0, 0.1) is 6.92 Å². The zero-order valence-electron chi connectivity index (χ0n) is 10.7. The third-order valence-corrected chi connectivity index (χ3v) is 4.94. The lowest BCUT2D eigenvalue weighted by atomic mass is 10.4. The van der Waals surface area contributed by atoms with Crippen LogP contribution in [0.2, 0.25) is 0 Å². The molecule has 2 aromatic heterocycles. The molecule has 0 aromatic carbocycles. The maximum absolute atomic E-state index is 12.0. The van der Waals surface area contributed by atoms with Gasteiger partial charge in [0.1, 0.15) is 4.90 Å². The monoisotopic (exact) mass is 316 g/mol. The number of H-pyrrole nitrogens is 1. The molecule has 0 saturated heterocycles. The third kappa shape index (κ3) is 2.96. The van der Waals surface area contributed by atoms with E-state index in [0.717, 1.165) is 12.5 Å². The predicted molar refractivity (Wildman–Crippen MR) is 71.5 cm³/mol. The molecule has 0 aliphatic heterocycles. The van der Waals surface area contributed by atoms with E-state index < -0.39 is 19.9 Å². The smallest absolute Gasteiger partial charge is 0.265 e. The zero-order chi connectivity index (χ0) is 15.0. The van der Waals surface area contributed by atoms with E-state index in [-0.39, 0.29) is 15.6 Å². The van der Waals surface area contributed by atoms with Gasteiger partial charge in [-0.2, -0.15) is 5.10 Å². The molecule has 0 aliphatic carbocycles. The first-order valence-electron chi connectivity index (χ1n) is 5.39. The molecule has 0 saturated carbocycles. The van der Waals surface area contributed by atoms with Crippen LogP contribution in [0.3, 0.4) is 0 Å². The first kappa shape index (κ1) is 14.5. The van der Waals surface area contributed by atoms with Crippen LogP contribution in [-0.4, -0.2) is 38.3 Å². The summed E-state index contributed by atoms with van der Waals surface area (Å²) in [6, 6.07) is 2.56. The van der Waals surface area contributed by atoms with Crippen LogP contribution < -0.4 is 4.72 Å². The van der Waals surface area contributed by atoms with Crippen molar-refractivity contribution >= 4 is 25.5 Å². The van der Waals surface area contributed by atoms with Crippen molar-refractivity contribution < 1.29 is 16.8 Å². The average molecular weight is 316 g/mol. The normalized spacial score (nSPS) is 12.3. The number of pyridine rings is 1. The lowest BCUT2D eigenvalue weighted by Gasteiger charge is -2.07. The minimum Gasteiger partial charge on any atom is -0.281 e. The van der Waals surface area contributed by atoms with Crippen molar-refractivity contribution in [1.29, 1.82) is 0 Å². The van der Waals surface area contributed by atoms with Gasteiger partial charge in [-0.3, -0.25) is 9.82 Å². The Morgan fingerprint density at radius 3 is 2.30 bits per heavy atom. The summed E-state index contributed by atoms with van der Waals surface area (Å²) in [5.74, 6) is 0. The van der Waals surface area contributed by atoms with Gasteiger partial charge < -0.3 is 0 Å². The van der Waals surface area contributed by atoms with Crippen molar-refractivity contribution in [1.82, 2.24) is 15.2 Å². The Labute approximate surface area is 116 Å². The highest BCUT2D eigenvalue weighted by Gasteiger charge is 2.19. The van der Waals surface area contributed by atoms with E-state index in [4.69, 9.17) is 0 Å². The van der Waals surface area contributed by atoms with Crippen molar-refractivity contribution in [3.63, 3.8) is 0 Å². The largest absolute Gasteiger partial charge is 0.281 e. The van der Waals surface area contributed by atoms with Gasteiger partial charge in [0, 0.05) is 6.26 Å². The summed E-state index contributed by atoms with van der Waals surface area (Å²) in [4.78, 5) is 3.72. The van der Waals surface area contributed by atoms with Gasteiger partial charge in [-0.05, 0) is 19.1 Å². The van der Waals surface area contributed by atoms with Crippen LogP contribution in [0.15, 0.2) is 34.4 Å². The molecule has 0 atom stereocenters. The van der Waals surface area contributed by atoms with Gasteiger partial charge in [0.05, 0.1) is 23.8 Å². The Balaban J connectivity index is 2.29. The number of aryl methyl sites for hydroxylation is 1. The van der Waals surface area contributed by atoms with Gasteiger partial charge in [-0.25, -0.2) is 21.8 Å². The molecule has 108 valence electrons. The molecular weight excluding hydrogens is 304 g/mol. The number of aromatic nitrogens is 3. The number of rotatable bonds is 4. The minimum atomic E-state index is -3.78. The van der Waals surface area contributed by atoms with Crippen molar-refractivity contribution in [3.8, 4) is 0 Å². The van der Waals surface area contributed by atoms with E-state index in [9.17, 15) is 16.8 Å². The first-order valence-corrected chi connectivity index (χ1v) is 8.76. The van der Waals surface area contributed by atoms with Gasteiger partial charge in [-0.15, -0.1) is 0 Å². The maximum atomic E-state index is 12.0. The number of aromatic amines is 1. The fraction of sp³-hybridized carbons (Fsp3) is 0.200. The highest BCUT2D eigenvalue weighted by atomic mass is 32.2. The van der Waals surface area contributed by atoms with Crippen LogP contribution in [0.1, 0.15) is 5.69 Å². The molecule has 0 aliphatic rings. The molecule has 0 spiro atoms. The van der Waals surface area contributed by atoms with Crippen molar-refractivity contribution in [2.75, 3.05) is 11.0 Å². The molecule has 0 fully saturated rings. The number of anilines is 1. The molecule has 2 heterocycles. The van der Waals surface area contributed by atoms with E-state index in [2.05, 4.69) is 19.9 Å². The molecule has 0 bridgehead atoms. The average Bonchev–Trinajstić information content (AvgIpc) is 2.75.